The molecule has 0 bridgehead atoms. The molecule has 0 N–H and O–H groups in total. The monoisotopic (exact) mass is 367 g/mol. The highest BCUT2D eigenvalue weighted by atomic mass is 17.2. The summed E-state index contributed by atoms with van der Waals surface area (Å²) in [4.78, 5) is 46.8. The van der Waals surface area contributed by atoms with E-state index in [9.17, 15) is 14.4 Å². The molecule has 1 heterocycles. The second kappa shape index (κ2) is 8.66. The largest absolute Gasteiger partial charge is 0.540 e. The molecule has 1 aliphatic carbocycles. The summed E-state index contributed by atoms with van der Waals surface area (Å²) >= 11 is 0. The number of rotatable bonds is 6. The van der Waals surface area contributed by atoms with Gasteiger partial charge in [-0.1, -0.05) is 27.2 Å². The van der Waals surface area contributed by atoms with Gasteiger partial charge < -0.3 is 4.74 Å². The lowest BCUT2D eigenvalue weighted by atomic mass is 9.75. The van der Waals surface area contributed by atoms with E-state index in [0.29, 0.717) is 23.3 Å². The summed E-state index contributed by atoms with van der Waals surface area (Å²) in [6.07, 6.45) is 3.21. The summed E-state index contributed by atoms with van der Waals surface area (Å²) in [5.41, 5.74) is 0.374. The SMILES string of the molecule is CC1=CC(=O)N(C(C)COC(=O)OOC2CC(C)CCC2C(C)C)C1=O. The first-order valence-corrected chi connectivity index (χ1v) is 9.26. The lowest BCUT2D eigenvalue weighted by molar-refractivity contribution is -0.306. The van der Waals surface area contributed by atoms with E-state index in [1.165, 1.54) is 6.08 Å². The van der Waals surface area contributed by atoms with Gasteiger partial charge >= 0.3 is 6.16 Å². The fourth-order valence-corrected chi connectivity index (χ4v) is 3.64. The molecule has 0 aromatic carbocycles. The number of carbonyl (C=O) groups is 3. The molecule has 0 radical (unpaired) electrons. The number of hydrogen-bond acceptors (Lipinski definition) is 6. The Labute approximate surface area is 154 Å². The second-order valence-corrected chi connectivity index (χ2v) is 7.79. The first kappa shape index (κ1) is 20.4. The molecule has 1 saturated carbocycles. The van der Waals surface area contributed by atoms with E-state index in [1.807, 2.05) is 0 Å². The van der Waals surface area contributed by atoms with Crippen LogP contribution >= 0.6 is 0 Å². The van der Waals surface area contributed by atoms with Crippen LogP contribution in [0.25, 0.3) is 0 Å². The Balaban J connectivity index is 1.78. The Bertz CT molecular complexity index is 585. The molecule has 2 amide bonds. The molecule has 0 saturated heterocycles. The number of hydrogen-bond donors (Lipinski definition) is 0. The van der Waals surface area contributed by atoms with Crippen LogP contribution in [0.2, 0.25) is 0 Å². The summed E-state index contributed by atoms with van der Waals surface area (Å²) in [7, 11) is 0. The Morgan fingerprint density at radius 2 is 1.96 bits per heavy atom. The summed E-state index contributed by atoms with van der Waals surface area (Å²) in [6.45, 7) is 9.50. The highest BCUT2D eigenvalue weighted by Crippen LogP contribution is 2.35. The zero-order chi connectivity index (χ0) is 19.4. The van der Waals surface area contributed by atoms with Gasteiger partial charge in [-0.2, -0.15) is 4.89 Å². The van der Waals surface area contributed by atoms with Crippen LogP contribution in [0.15, 0.2) is 11.6 Å². The van der Waals surface area contributed by atoms with E-state index in [4.69, 9.17) is 14.5 Å². The summed E-state index contributed by atoms with van der Waals surface area (Å²) in [5.74, 6) is 0.537. The molecular weight excluding hydrogens is 338 g/mol. The Kier molecular flexibility index (Phi) is 6.81. The van der Waals surface area contributed by atoms with Crippen molar-refractivity contribution in [1.82, 2.24) is 4.90 Å². The van der Waals surface area contributed by atoms with Crippen molar-refractivity contribution in [1.29, 1.82) is 0 Å². The molecule has 0 aromatic rings. The van der Waals surface area contributed by atoms with Crippen LogP contribution in [0.3, 0.4) is 0 Å². The molecule has 1 aliphatic heterocycles. The van der Waals surface area contributed by atoms with Gasteiger partial charge in [0.05, 0.1) is 6.04 Å². The van der Waals surface area contributed by atoms with Gasteiger partial charge in [0.1, 0.15) is 12.7 Å². The van der Waals surface area contributed by atoms with Crippen molar-refractivity contribution in [2.75, 3.05) is 6.61 Å². The van der Waals surface area contributed by atoms with Crippen molar-refractivity contribution in [3.63, 3.8) is 0 Å². The molecule has 7 heteroatoms. The topological polar surface area (TPSA) is 82.1 Å². The molecule has 1 fully saturated rings. The predicted octanol–water partition coefficient (Wildman–Crippen LogP) is 3.24. The zero-order valence-corrected chi connectivity index (χ0v) is 16.2. The van der Waals surface area contributed by atoms with E-state index in [0.717, 1.165) is 24.2 Å². The van der Waals surface area contributed by atoms with Gasteiger partial charge in [-0.3, -0.25) is 19.4 Å². The van der Waals surface area contributed by atoms with Crippen molar-refractivity contribution in [3.8, 4) is 0 Å². The normalized spacial score (nSPS) is 27.5. The maximum atomic E-state index is 11.9. The van der Waals surface area contributed by atoms with Gasteiger partial charge in [0.25, 0.3) is 11.8 Å². The molecule has 146 valence electrons. The maximum absolute atomic E-state index is 11.9. The standard InChI is InChI=1S/C19H29NO6/c1-11(2)15-7-6-12(3)8-16(15)25-26-19(23)24-10-14(5)20-17(21)9-13(4)18(20)22/h9,11-12,14-16H,6-8,10H2,1-5H3. The van der Waals surface area contributed by atoms with Crippen molar-refractivity contribution >= 4 is 18.0 Å². The molecular formula is C19H29NO6. The number of ether oxygens (including phenoxy) is 1. The van der Waals surface area contributed by atoms with Crippen LogP contribution in [0, 0.1) is 17.8 Å². The van der Waals surface area contributed by atoms with Gasteiger partial charge in [-0.15, -0.1) is 0 Å². The van der Waals surface area contributed by atoms with Crippen molar-refractivity contribution in [2.24, 2.45) is 17.8 Å². The van der Waals surface area contributed by atoms with E-state index < -0.39 is 18.1 Å². The van der Waals surface area contributed by atoms with Crippen molar-refractivity contribution in [3.05, 3.63) is 11.6 Å². The molecule has 0 spiro atoms. The van der Waals surface area contributed by atoms with Gasteiger partial charge in [-0.25, -0.2) is 4.79 Å². The molecule has 4 unspecified atom stereocenters. The molecule has 2 aliphatic rings. The van der Waals surface area contributed by atoms with Crippen LogP contribution in [-0.2, 0) is 24.1 Å². The van der Waals surface area contributed by atoms with E-state index in [2.05, 4.69) is 20.8 Å². The number of carbonyl (C=O) groups excluding carboxylic acids is 3. The van der Waals surface area contributed by atoms with Crippen LogP contribution in [0.1, 0.15) is 53.9 Å². The highest BCUT2D eigenvalue weighted by Gasteiger charge is 2.35. The number of amides is 2. The number of nitrogens with zero attached hydrogens (tertiary/aromatic N) is 1. The molecule has 26 heavy (non-hydrogen) atoms. The van der Waals surface area contributed by atoms with Crippen molar-refractivity contribution < 1.29 is 28.9 Å². The molecule has 0 aromatic heterocycles. The van der Waals surface area contributed by atoms with Gasteiger partial charge in [-0.05, 0) is 44.4 Å². The zero-order valence-electron chi connectivity index (χ0n) is 16.2. The Hall–Kier alpha value is -1.89. The summed E-state index contributed by atoms with van der Waals surface area (Å²) < 4.78 is 5.01. The van der Waals surface area contributed by atoms with E-state index >= 15 is 0 Å². The predicted molar refractivity (Wildman–Crippen MR) is 93.7 cm³/mol. The van der Waals surface area contributed by atoms with Gasteiger partial charge in [0.2, 0.25) is 0 Å². The lowest BCUT2D eigenvalue weighted by Gasteiger charge is -2.35. The van der Waals surface area contributed by atoms with Crippen LogP contribution < -0.4 is 0 Å². The fraction of sp³-hybridized carbons (Fsp3) is 0.737. The van der Waals surface area contributed by atoms with Gasteiger partial charge in [0, 0.05) is 11.6 Å². The Morgan fingerprint density at radius 3 is 2.54 bits per heavy atom. The minimum Gasteiger partial charge on any atom is -0.430 e. The van der Waals surface area contributed by atoms with Crippen molar-refractivity contribution in [2.45, 2.75) is 66.0 Å². The second-order valence-electron chi connectivity index (χ2n) is 7.79. The van der Waals surface area contributed by atoms with E-state index in [-0.39, 0.29) is 18.6 Å². The molecule has 7 nitrogen and oxygen atoms in total. The molecule has 4 atom stereocenters. The number of imide groups is 1. The fourth-order valence-electron chi connectivity index (χ4n) is 3.64. The highest BCUT2D eigenvalue weighted by molar-refractivity contribution is 6.16. The van der Waals surface area contributed by atoms with Crippen LogP contribution in [0.5, 0.6) is 0 Å². The van der Waals surface area contributed by atoms with E-state index in [1.54, 1.807) is 13.8 Å². The quantitative estimate of drug-likeness (QED) is 0.310. The minimum atomic E-state index is -0.957. The molecule has 2 rings (SSSR count). The average Bonchev–Trinajstić information content (AvgIpc) is 2.82. The summed E-state index contributed by atoms with van der Waals surface area (Å²) in [6, 6.07) is -0.575. The third-order valence-corrected chi connectivity index (χ3v) is 5.22. The Morgan fingerprint density at radius 1 is 1.27 bits per heavy atom. The average molecular weight is 367 g/mol. The van der Waals surface area contributed by atoms with Crippen LogP contribution in [0.4, 0.5) is 4.79 Å². The summed E-state index contributed by atoms with van der Waals surface area (Å²) in [5, 5.41) is 0. The van der Waals surface area contributed by atoms with Crippen LogP contribution in [-0.4, -0.2) is 41.6 Å². The van der Waals surface area contributed by atoms with Gasteiger partial charge in [0.15, 0.2) is 0 Å². The lowest BCUT2D eigenvalue weighted by Crippen LogP contribution is -2.42. The smallest absolute Gasteiger partial charge is 0.430 e. The maximum Gasteiger partial charge on any atom is 0.540 e. The first-order valence-electron chi connectivity index (χ1n) is 9.26. The minimum absolute atomic E-state index is 0.141. The first-order chi connectivity index (χ1) is 12.2. The third-order valence-electron chi connectivity index (χ3n) is 5.22. The third kappa shape index (κ3) is 4.84.